The number of ether oxygens (including phenoxy) is 1. The molecule has 0 aromatic heterocycles. The number of benzene rings is 1. The molecule has 6 heteroatoms. The van der Waals surface area contributed by atoms with Crippen molar-refractivity contribution in [1.82, 2.24) is 4.90 Å². The van der Waals surface area contributed by atoms with Crippen LogP contribution in [-0.2, 0) is 9.53 Å². The molecule has 3 atom stereocenters. The van der Waals surface area contributed by atoms with Gasteiger partial charge in [-0.2, -0.15) is 0 Å². The fourth-order valence-corrected chi connectivity index (χ4v) is 2.86. The number of hydrogen-bond acceptors (Lipinski definition) is 4. The van der Waals surface area contributed by atoms with Crippen molar-refractivity contribution >= 4 is 11.7 Å². The van der Waals surface area contributed by atoms with Crippen LogP contribution in [0.3, 0.4) is 0 Å². The van der Waals surface area contributed by atoms with Gasteiger partial charge in [0, 0.05) is 12.5 Å². The number of rotatable bonds is 3. The van der Waals surface area contributed by atoms with Crippen molar-refractivity contribution in [3.8, 4) is 0 Å². The summed E-state index contributed by atoms with van der Waals surface area (Å²) >= 11 is 0. The minimum atomic E-state index is -0.512. The van der Waals surface area contributed by atoms with Crippen molar-refractivity contribution in [3.63, 3.8) is 0 Å². The van der Waals surface area contributed by atoms with Gasteiger partial charge < -0.3 is 20.6 Å². The Balaban J connectivity index is 1.62. The van der Waals surface area contributed by atoms with Crippen LogP contribution < -0.4 is 5.73 Å². The van der Waals surface area contributed by atoms with Gasteiger partial charge in [-0.1, -0.05) is 35.5 Å². The van der Waals surface area contributed by atoms with Crippen LogP contribution in [0.2, 0.25) is 0 Å². The van der Waals surface area contributed by atoms with Crippen LogP contribution in [0.15, 0.2) is 35.5 Å². The number of hydrogen-bond donors (Lipinski definition) is 2. The average molecular weight is 289 g/mol. The van der Waals surface area contributed by atoms with Crippen LogP contribution in [0, 0.1) is 5.92 Å². The summed E-state index contributed by atoms with van der Waals surface area (Å²) in [5.41, 5.74) is 6.78. The molecule has 112 valence electrons. The molecule has 1 saturated carbocycles. The zero-order valence-electron chi connectivity index (χ0n) is 11.7. The lowest BCUT2D eigenvalue weighted by molar-refractivity contribution is -0.138. The molecule has 0 bridgehead atoms. The van der Waals surface area contributed by atoms with Crippen LogP contribution in [0.1, 0.15) is 17.9 Å². The fraction of sp³-hybridized carbons (Fsp3) is 0.467. The minimum absolute atomic E-state index is 0.0166. The van der Waals surface area contributed by atoms with Gasteiger partial charge in [-0.05, 0) is 17.9 Å². The third-order valence-electron chi connectivity index (χ3n) is 4.16. The van der Waals surface area contributed by atoms with E-state index in [1.807, 2.05) is 18.2 Å². The van der Waals surface area contributed by atoms with Gasteiger partial charge in [0.05, 0.1) is 13.2 Å². The smallest absolute Gasteiger partial charge is 0.226 e. The first-order valence-electron chi connectivity index (χ1n) is 7.13. The number of oxime groups is 1. The van der Waals surface area contributed by atoms with Crippen molar-refractivity contribution in [3.05, 3.63) is 35.9 Å². The van der Waals surface area contributed by atoms with Gasteiger partial charge in [0.25, 0.3) is 0 Å². The molecule has 6 nitrogen and oxygen atoms in total. The van der Waals surface area contributed by atoms with E-state index in [0.29, 0.717) is 25.6 Å². The number of morpholine rings is 1. The van der Waals surface area contributed by atoms with E-state index in [1.54, 1.807) is 4.90 Å². The van der Waals surface area contributed by atoms with Crippen LogP contribution in [0.25, 0.3) is 0 Å². The second-order valence-corrected chi connectivity index (χ2v) is 5.53. The van der Waals surface area contributed by atoms with E-state index in [9.17, 15) is 4.79 Å². The normalized spacial score (nSPS) is 29.2. The van der Waals surface area contributed by atoms with E-state index in [2.05, 4.69) is 17.3 Å². The summed E-state index contributed by atoms with van der Waals surface area (Å²) in [5, 5.41) is 11.7. The predicted octanol–water partition coefficient (Wildman–Crippen LogP) is 0.764. The van der Waals surface area contributed by atoms with Crippen molar-refractivity contribution in [2.45, 2.75) is 18.4 Å². The van der Waals surface area contributed by atoms with E-state index in [4.69, 9.17) is 15.7 Å². The summed E-state index contributed by atoms with van der Waals surface area (Å²) < 4.78 is 5.41. The summed E-state index contributed by atoms with van der Waals surface area (Å²) in [6.07, 6.45) is 0.385. The maximum absolute atomic E-state index is 12.5. The Labute approximate surface area is 123 Å². The Bertz CT molecular complexity index is 546. The second kappa shape index (κ2) is 5.73. The summed E-state index contributed by atoms with van der Waals surface area (Å²) in [6.45, 7) is 1.33. The SMILES string of the molecule is N/C(=N/O)C1CN(C(=O)C2CC2c2ccccc2)CCO1. The van der Waals surface area contributed by atoms with Crippen molar-refractivity contribution in [2.75, 3.05) is 19.7 Å². The van der Waals surface area contributed by atoms with Crippen LogP contribution in [0.4, 0.5) is 0 Å². The Morgan fingerprint density at radius 2 is 2.14 bits per heavy atom. The highest BCUT2D eigenvalue weighted by Crippen LogP contribution is 2.48. The second-order valence-electron chi connectivity index (χ2n) is 5.53. The van der Waals surface area contributed by atoms with Crippen molar-refractivity contribution in [2.24, 2.45) is 16.8 Å². The number of nitrogens with two attached hydrogens (primary N) is 1. The molecule has 1 aliphatic heterocycles. The monoisotopic (exact) mass is 289 g/mol. The molecular weight excluding hydrogens is 270 g/mol. The number of carbonyl (C=O) groups excluding carboxylic acids is 1. The van der Waals surface area contributed by atoms with Crippen molar-refractivity contribution < 1.29 is 14.7 Å². The molecule has 1 aromatic carbocycles. The van der Waals surface area contributed by atoms with Crippen LogP contribution in [-0.4, -0.2) is 47.7 Å². The van der Waals surface area contributed by atoms with Gasteiger partial charge in [0.1, 0.15) is 6.10 Å². The molecule has 1 aliphatic carbocycles. The lowest BCUT2D eigenvalue weighted by atomic mass is 10.1. The Morgan fingerprint density at radius 3 is 2.86 bits per heavy atom. The summed E-state index contributed by atoms with van der Waals surface area (Å²) in [7, 11) is 0. The van der Waals surface area contributed by atoms with Gasteiger partial charge in [-0.3, -0.25) is 4.79 Å². The molecule has 2 fully saturated rings. The van der Waals surface area contributed by atoms with E-state index in [-0.39, 0.29) is 17.7 Å². The molecule has 1 saturated heterocycles. The highest BCUT2D eigenvalue weighted by atomic mass is 16.5. The summed E-state index contributed by atoms with van der Waals surface area (Å²) in [5.74, 6) is 0.535. The molecule has 3 unspecified atom stereocenters. The highest BCUT2D eigenvalue weighted by Gasteiger charge is 2.46. The zero-order chi connectivity index (χ0) is 14.8. The summed E-state index contributed by atoms with van der Waals surface area (Å²) in [6, 6.07) is 10.1. The number of amidine groups is 1. The van der Waals surface area contributed by atoms with Gasteiger partial charge in [-0.25, -0.2) is 0 Å². The maximum Gasteiger partial charge on any atom is 0.226 e. The highest BCUT2D eigenvalue weighted by molar-refractivity contribution is 5.87. The molecule has 0 radical (unpaired) electrons. The molecule has 1 heterocycles. The van der Waals surface area contributed by atoms with Gasteiger partial charge in [0.15, 0.2) is 5.84 Å². The average Bonchev–Trinajstić information content (AvgIpc) is 3.35. The lowest BCUT2D eigenvalue weighted by Crippen LogP contribution is -2.51. The van der Waals surface area contributed by atoms with Gasteiger partial charge in [-0.15, -0.1) is 0 Å². The third-order valence-corrected chi connectivity index (χ3v) is 4.16. The number of carbonyl (C=O) groups is 1. The number of amides is 1. The molecule has 0 spiro atoms. The Morgan fingerprint density at radius 1 is 1.38 bits per heavy atom. The fourth-order valence-electron chi connectivity index (χ4n) is 2.86. The van der Waals surface area contributed by atoms with E-state index in [0.717, 1.165) is 6.42 Å². The molecule has 3 N–H and O–H groups in total. The summed E-state index contributed by atoms with van der Waals surface area (Å²) in [4.78, 5) is 14.3. The van der Waals surface area contributed by atoms with E-state index in [1.165, 1.54) is 5.56 Å². The molecule has 1 aromatic rings. The molecular formula is C15H19N3O3. The van der Waals surface area contributed by atoms with Gasteiger partial charge in [0.2, 0.25) is 5.91 Å². The van der Waals surface area contributed by atoms with Crippen LogP contribution >= 0.6 is 0 Å². The quantitative estimate of drug-likeness (QED) is 0.372. The Kier molecular flexibility index (Phi) is 3.79. The third kappa shape index (κ3) is 2.85. The first-order valence-corrected chi connectivity index (χ1v) is 7.13. The van der Waals surface area contributed by atoms with Crippen molar-refractivity contribution in [1.29, 1.82) is 0 Å². The Hall–Kier alpha value is -2.08. The van der Waals surface area contributed by atoms with E-state index >= 15 is 0 Å². The molecule has 3 rings (SSSR count). The molecule has 2 aliphatic rings. The lowest BCUT2D eigenvalue weighted by Gasteiger charge is -2.32. The van der Waals surface area contributed by atoms with Crippen LogP contribution in [0.5, 0.6) is 0 Å². The zero-order valence-corrected chi connectivity index (χ0v) is 11.7. The van der Waals surface area contributed by atoms with E-state index < -0.39 is 6.10 Å². The first kappa shape index (κ1) is 13.9. The topological polar surface area (TPSA) is 88.2 Å². The minimum Gasteiger partial charge on any atom is -0.409 e. The maximum atomic E-state index is 12.5. The molecule has 1 amide bonds. The number of nitrogens with zero attached hydrogens (tertiary/aromatic N) is 2. The van der Waals surface area contributed by atoms with Gasteiger partial charge >= 0.3 is 0 Å². The first-order chi connectivity index (χ1) is 10.2. The predicted molar refractivity (Wildman–Crippen MR) is 77.0 cm³/mol. The molecule has 21 heavy (non-hydrogen) atoms. The standard InChI is InChI=1S/C15H19N3O3/c16-14(17-20)13-9-18(6-7-21-13)15(19)12-8-11(12)10-4-2-1-3-5-10/h1-5,11-13,20H,6-9H2,(H2,16,17). The largest absolute Gasteiger partial charge is 0.409 e.